The summed E-state index contributed by atoms with van der Waals surface area (Å²) in [5.41, 5.74) is 1.88. The van der Waals surface area contributed by atoms with Crippen molar-refractivity contribution in [3.8, 4) is 5.75 Å². The molecule has 156 valence electrons. The largest absolute Gasteiger partial charge is 0.497 e. The zero-order valence-electron chi connectivity index (χ0n) is 16.8. The predicted octanol–water partition coefficient (Wildman–Crippen LogP) is 1.59. The van der Waals surface area contributed by atoms with Crippen molar-refractivity contribution < 1.29 is 18.8 Å². The van der Waals surface area contributed by atoms with E-state index in [0.717, 1.165) is 37.7 Å². The molecular formula is C22H29FN3O2S+. The second-order valence-corrected chi connectivity index (χ2v) is 8.21. The first-order valence-electron chi connectivity index (χ1n) is 9.96. The number of halogens is 1. The van der Waals surface area contributed by atoms with Crippen LogP contribution in [-0.2, 0) is 10.5 Å². The fourth-order valence-corrected chi connectivity index (χ4v) is 4.26. The highest BCUT2D eigenvalue weighted by atomic mass is 32.2. The van der Waals surface area contributed by atoms with E-state index in [4.69, 9.17) is 4.74 Å². The summed E-state index contributed by atoms with van der Waals surface area (Å²) in [5.74, 6) is 2.19. The Morgan fingerprint density at radius 2 is 2.00 bits per heavy atom. The predicted molar refractivity (Wildman–Crippen MR) is 116 cm³/mol. The molecule has 1 heterocycles. The van der Waals surface area contributed by atoms with Crippen LogP contribution < -0.4 is 19.9 Å². The summed E-state index contributed by atoms with van der Waals surface area (Å²) in [7, 11) is 1.68. The fourth-order valence-electron chi connectivity index (χ4n) is 3.41. The number of methoxy groups -OCH3 is 1. The number of carbonyl (C=O) groups is 1. The van der Waals surface area contributed by atoms with Gasteiger partial charge in [-0.15, -0.1) is 0 Å². The number of anilines is 1. The number of nitrogens with zero attached hydrogens (tertiary/aromatic N) is 1. The Kier molecular flexibility index (Phi) is 8.19. The fraction of sp³-hybridized carbons (Fsp3) is 0.409. The van der Waals surface area contributed by atoms with Crippen LogP contribution >= 0.6 is 11.8 Å². The molecule has 3 rings (SSSR count). The lowest BCUT2D eigenvalue weighted by molar-refractivity contribution is -0.892. The number of benzene rings is 2. The molecule has 0 bridgehead atoms. The number of piperazine rings is 1. The van der Waals surface area contributed by atoms with Gasteiger partial charge in [0.25, 0.3) is 5.91 Å². The van der Waals surface area contributed by atoms with Crippen molar-refractivity contribution in [3.05, 3.63) is 59.9 Å². The summed E-state index contributed by atoms with van der Waals surface area (Å²) < 4.78 is 18.9. The van der Waals surface area contributed by atoms with Gasteiger partial charge in [0, 0.05) is 29.8 Å². The summed E-state index contributed by atoms with van der Waals surface area (Å²) in [5, 5.41) is 2.98. The van der Waals surface area contributed by atoms with Crippen molar-refractivity contribution in [2.75, 3.05) is 57.0 Å². The molecule has 0 radical (unpaired) electrons. The lowest BCUT2D eigenvalue weighted by Gasteiger charge is -2.33. The van der Waals surface area contributed by atoms with Crippen molar-refractivity contribution in [1.29, 1.82) is 0 Å². The van der Waals surface area contributed by atoms with E-state index in [1.165, 1.54) is 16.7 Å². The third-order valence-electron chi connectivity index (χ3n) is 5.08. The second kappa shape index (κ2) is 11.1. The molecule has 0 saturated carbocycles. The monoisotopic (exact) mass is 418 g/mol. The van der Waals surface area contributed by atoms with Crippen molar-refractivity contribution in [2.24, 2.45) is 0 Å². The third-order valence-corrected chi connectivity index (χ3v) is 6.09. The first kappa shape index (κ1) is 21.5. The average molecular weight is 419 g/mol. The Balaban J connectivity index is 1.31. The summed E-state index contributed by atoms with van der Waals surface area (Å²) in [6.07, 6.45) is 0. The summed E-state index contributed by atoms with van der Waals surface area (Å²) >= 11 is 1.63. The van der Waals surface area contributed by atoms with Crippen LogP contribution in [0.2, 0.25) is 0 Å². The van der Waals surface area contributed by atoms with Gasteiger partial charge in [-0.1, -0.05) is 24.3 Å². The number of rotatable bonds is 9. The minimum absolute atomic E-state index is 0.0846. The van der Waals surface area contributed by atoms with E-state index in [2.05, 4.69) is 22.3 Å². The lowest BCUT2D eigenvalue weighted by Crippen LogP contribution is -3.16. The Bertz CT molecular complexity index is 797. The summed E-state index contributed by atoms with van der Waals surface area (Å²) in [4.78, 5) is 15.8. The van der Waals surface area contributed by atoms with Gasteiger partial charge in [-0.3, -0.25) is 4.79 Å². The number of hydrogen-bond donors (Lipinski definition) is 2. The highest BCUT2D eigenvalue weighted by molar-refractivity contribution is 7.98. The molecule has 1 aliphatic heterocycles. The zero-order valence-corrected chi connectivity index (χ0v) is 17.6. The molecule has 1 aliphatic rings. The van der Waals surface area contributed by atoms with Crippen LogP contribution in [0.25, 0.3) is 0 Å². The SMILES string of the molecule is COc1cccc(N2CC[NH+](CC(=O)NCCSCc3ccccc3F)CC2)c1. The first-order valence-corrected chi connectivity index (χ1v) is 11.1. The maximum absolute atomic E-state index is 13.6. The molecule has 0 aromatic heterocycles. The van der Waals surface area contributed by atoms with E-state index < -0.39 is 0 Å². The summed E-state index contributed by atoms with van der Waals surface area (Å²) in [6.45, 7) is 4.84. The van der Waals surface area contributed by atoms with E-state index in [0.29, 0.717) is 24.4 Å². The van der Waals surface area contributed by atoms with E-state index >= 15 is 0 Å². The van der Waals surface area contributed by atoms with Crippen molar-refractivity contribution in [3.63, 3.8) is 0 Å². The van der Waals surface area contributed by atoms with E-state index in [-0.39, 0.29) is 11.7 Å². The molecular weight excluding hydrogens is 389 g/mol. The molecule has 1 amide bonds. The molecule has 1 fully saturated rings. The number of hydrogen-bond acceptors (Lipinski definition) is 4. The molecule has 1 saturated heterocycles. The number of amides is 1. The van der Waals surface area contributed by atoms with E-state index in [1.807, 2.05) is 18.2 Å². The second-order valence-electron chi connectivity index (χ2n) is 7.11. The standard InChI is InChI=1S/C22H28FN3O2S/c1-28-20-7-4-6-19(15-20)26-12-10-25(11-13-26)16-22(27)24-9-14-29-17-18-5-2-3-8-21(18)23/h2-8,15H,9-14,16-17H2,1H3,(H,24,27)/p+1. The highest BCUT2D eigenvalue weighted by Gasteiger charge is 2.22. The van der Waals surface area contributed by atoms with Gasteiger partial charge in [0.2, 0.25) is 0 Å². The van der Waals surface area contributed by atoms with Crippen LogP contribution in [0.1, 0.15) is 5.56 Å². The van der Waals surface area contributed by atoms with Gasteiger partial charge in [0.1, 0.15) is 11.6 Å². The number of carbonyl (C=O) groups excluding carboxylic acids is 1. The van der Waals surface area contributed by atoms with Gasteiger partial charge in [0.05, 0.1) is 33.3 Å². The zero-order chi connectivity index (χ0) is 20.5. The molecule has 29 heavy (non-hydrogen) atoms. The van der Waals surface area contributed by atoms with Crippen molar-refractivity contribution in [1.82, 2.24) is 5.32 Å². The van der Waals surface area contributed by atoms with Gasteiger partial charge < -0.3 is 19.9 Å². The molecule has 2 N–H and O–H groups in total. The smallest absolute Gasteiger partial charge is 0.275 e. The Hall–Kier alpha value is -2.25. The van der Waals surface area contributed by atoms with Crippen LogP contribution in [0.5, 0.6) is 5.75 Å². The van der Waals surface area contributed by atoms with Crippen LogP contribution in [0, 0.1) is 5.82 Å². The van der Waals surface area contributed by atoms with Crippen molar-refractivity contribution in [2.45, 2.75) is 5.75 Å². The molecule has 0 spiro atoms. The van der Waals surface area contributed by atoms with Crippen LogP contribution in [0.3, 0.4) is 0 Å². The minimum atomic E-state index is -0.166. The molecule has 0 unspecified atom stereocenters. The number of quaternary nitrogens is 1. The normalized spacial score (nSPS) is 14.6. The van der Waals surface area contributed by atoms with E-state index in [9.17, 15) is 9.18 Å². The Morgan fingerprint density at radius 1 is 1.21 bits per heavy atom. The number of thioether (sulfide) groups is 1. The summed E-state index contributed by atoms with van der Waals surface area (Å²) in [6, 6.07) is 14.9. The Morgan fingerprint density at radius 3 is 2.76 bits per heavy atom. The lowest BCUT2D eigenvalue weighted by atomic mass is 10.2. The maximum atomic E-state index is 13.6. The molecule has 0 atom stereocenters. The van der Waals surface area contributed by atoms with E-state index in [1.54, 1.807) is 31.0 Å². The minimum Gasteiger partial charge on any atom is -0.497 e. The molecule has 2 aromatic rings. The van der Waals surface area contributed by atoms with Crippen LogP contribution in [-0.4, -0.2) is 58.0 Å². The van der Waals surface area contributed by atoms with Crippen molar-refractivity contribution >= 4 is 23.4 Å². The van der Waals surface area contributed by atoms with Crippen LogP contribution in [0.15, 0.2) is 48.5 Å². The van der Waals surface area contributed by atoms with Gasteiger partial charge in [-0.2, -0.15) is 11.8 Å². The third kappa shape index (κ3) is 6.65. The maximum Gasteiger partial charge on any atom is 0.275 e. The quantitative estimate of drug-likeness (QED) is 0.607. The molecule has 7 heteroatoms. The van der Waals surface area contributed by atoms with Gasteiger partial charge in [0.15, 0.2) is 6.54 Å². The van der Waals surface area contributed by atoms with Gasteiger partial charge in [-0.05, 0) is 23.8 Å². The topological polar surface area (TPSA) is 46.0 Å². The molecule has 5 nitrogen and oxygen atoms in total. The number of nitrogens with one attached hydrogen (secondary N) is 2. The molecule has 2 aromatic carbocycles. The Labute approximate surface area is 176 Å². The van der Waals surface area contributed by atoms with Crippen LogP contribution in [0.4, 0.5) is 10.1 Å². The van der Waals surface area contributed by atoms with Gasteiger partial charge >= 0.3 is 0 Å². The highest BCUT2D eigenvalue weighted by Crippen LogP contribution is 2.20. The number of ether oxygens (including phenoxy) is 1. The molecule has 0 aliphatic carbocycles. The average Bonchev–Trinajstić information content (AvgIpc) is 2.75. The first-order chi connectivity index (χ1) is 14.2. The van der Waals surface area contributed by atoms with Gasteiger partial charge in [-0.25, -0.2) is 4.39 Å².